The van der Waals surface area contributed by atoms with Gasteiger partial charge in [0, 0.05) is 0 Å². The van der Waals surface area contributed by atoms with Crippen molar-refractivity contribution < 1.29 is 31.4 Å². The molecule has 0 heterocycles. The topological polar surface area (TPSA) is 23.1 Å². The quantitative estimate of drug-likeness (QED) is 0.627. The van der Waals surface area contributed by atoms with E-state index in [2.05, 4.69) is 0 Å². The molecule has 1 aromatic rings. The first-order valence-electron chi connectivity index (χ1n) is 3.57. The van der Waals surface area contributed by atoms with Crippen LogP contribution in [0.5, 0.6) is 5.75 Å². The Morgan fingerprint density at radius 2 is 1.07 bits per heavy atom. The van der Waals surface area contributed by atoms with Crippen molar-refractivity contribution in [2.24, 2.45) is 0 Å². The summed E-state index contributed by atoms with van der Waals surface area (Å²) in [6.07, 6.45) is -9.92. The largest absolute Gasteiger partial charge is 0.872 e. The smallest absolute Gasteiger partial charge is 0.416 e. The standard InChI is InChI=1S/C8H4F6O/c9-7(10,11)4-1-5(8(12,13)14)3-6(15)2-4/h1-3,15H/p-1. The van der Waals surface area contributed by atoms with Gasteiger partial charge in [-0.2, -0.15) is 26.3 Å². The molecule has 15 heavy (non-hydrogen) atoms. The number of rotatable bonds is 0. The van der Waals surface area contributed by atoms with Gasteiger partial charge in [0.05, 0.1) is 11.1 Å². The molecule has 0 aromatic heterocycles. The van der Waals surface area contributed by atoms with Crippen molar-refractivity contribution in [1.82, 2.24) is 0 Å². The van der Waals surface area contributed by atoms with Crippen molar-refractivity contribution in [3.05, 3.63) is 29.3 Å². The van der Waals surface area contributed by atoms with Gasteiger partial charge in [-0.15, -0.1) is 5.75 Å². The van der Waals surface area contributed by atoms with E-state index in [1.54, 1.807) is 0 Å². The second-order valence-electron chi connectivity index (χ2n) is 2.74. The average Bonchev–Trinajstić information content (AvgIpc) is 1.99. The van der Waals surface area contributed by atoms with E-state index >= 15 is 0 Å². The minimum atomic E-state index is -4.96. The third kappa shape index (κ3) is 2.77. The molecule has 7 heteroatoms. The second kappa shape index (κ2) is 3.32. The van der Waals surface area contributed by atoms with Gasteiger partial charge in [0.25, 0.3) is 0 Å². The molecule has 0 unspecified atom stereocenters. The zero-order valence-electron chi connectivity index (χ0n) is 6.91. The van der Waals surface area contributed by atoms with E-state index in [1.807, 2.05) is 0 Å². The molecule has 0 bridgehead atoms. The van der Waals surface area contributed by atoms with E-state index in [0.717, 1.165) is 0 Å². The molecular formula is C8H3F6O-. The summed E-state index contributed by atoms with van der Waals surface area (Å²) in [5, 5.41) is 10.6. The zero-order valence-corrected chi connectivity index (χ0v) is 6.91. The first-order chi connectivity index (χ1) is 6.60. The van der Waals surface area contributed by atoms with Crippen LogP contribution in [0.4, 0.5) is 26.3 Å². The van der Waals surface area contributed by atoms with Crippen molar-refractivity contribution in [2.75, 3.05) is 0 Å². The van der Waals surface area contributed by atoms with Crippen LogP contribution in [-0.2, 0) is 12.4 Å². The predicted octanol–water partition coefficient (Wildman–Crippen LogP) is 2.80. The molecule has 0 saturated heterocycles. The van der Waals surface area contributed by atoms with Gasteiger partial charge in [0.2, 0.25) is 0 Å². The number of hydrogen-bond acceptors (Lipinski definition) is 1. The maximum atomic E-state index is 12.0. The Balaban J connectivity index is 3.30. The van der Waals surface area contributed by atoms with Gasteiger partial charge in [0.15, 0.2) is 0 Å². The summed E-state index contributed by atoms with van der Waals surface area (Å²) >= 11 is 0. The molecule has 0 amide bonds. The Morgan fingerprint density at radius 1 is 0.733 bits per heavy atom. The highest BCUT2D eigenvalue weighted by Gasteiger charge is 2.36. The van der Waals surface area contributed by atoms with Gasteiger partial charge < -0.3 is 5.11 Å². The molecule has 0 spiro atoms. The van der Waals surface area contributed by atoms with E-state index in [-0.39, 0.29) is 18.2 Å². The first kappa shape index (κ1) is 11.7. The van der Waals surface area contributed by atoms with Gasteiger partial charge in [-0.3, -0.25) is 0 Å². The van der Waals surface area contributed by atoms with Crippen LogP contribution in [0.3, 0.4) is 0 Å². The summed E-state index contributed by atoms with van der Waals surface area (Å²) in [5.74, 6) is -1.32. The van der Waals surface area contributed by atoms with Crippen LogP contribution in [0.15, 0.2) is 18.2 Å². The van der Waals surface area contributed by atoms with E-state index in [4.69, 9.17) is 0 Å². The molecule has 1 nitrogen and oxygen atoms in total. The van der Waals surface area contributed by atoms with Crippen molar-refractivity contribution in [1.29, 1.82) is 0 Å². The molecule has 0 atom stereocenters. The molecular weight excluding hydrogens is 226 g/mol. The van der Waals surface area contributed by atoms with Crippen LogP contribution in [-0.4, -0.2) is 0 Å². The van der Waals surface area contributed by atoms with Crippen LogP contribution in [0.25, 0.3) is 0 Å². The monoisotopic (exact) mass is 229 g/mol. The van der Waals surface area contributed by atoms with Gasteiger partial charge in [0.1, 0.15) is 0 Å². The van der Waals surface area contributed by atoms with Gasteiger partial charge in [-0.05, 0) is 6.07 Å². The van der Waals surface area contributed by atoms with Crippen LogP contribution in [0, 0.1) is 0 Å². The van der Waals surface area contributed by atoms with Crippen molar-refractivity contribution in [2.45, 2.75) is 12.4 Å². The Labute approximate surface area is 79.9 Å². The van der Waals surface area contributed by atoms with Crippen molar-refractivity contribution in [3.63, 3.8) is 0 Å². The minimum absolute atomic E-state index is 0.0958. The molecule has 0 radical (unpaired) electrons. The number of benzene rings is 1. The Morgan fingerprint density at radius 3 is 1.33 bits per heavy atom. The number of halogens is 6. The molecule has 0 N–H and O–H groups in total. The molecule has 0 aliphatic heterocycles. The summed E-state index contributed by atoms with van der Waals surface area (Å²) in [6, 6.07) is 0.145. The summed E-state index contributed by atoms with van der Waals surface area (Å²) in [4.78, 5) is 0. The summed E-state index contributed by atoms with van der Waals surface area (Å²) in [6.45, 7) is 0. The normalized spacial score (nSPS) is 12.9. The van der Waals surface area contributed by atoms with Gasteiger partial charge in [-0.25, -0.2) is 0 Å². The Kier molecular flexibility index (Phi) is 2.58. The molecule has 0 aliphatic rings. The first-order valence-corrected chi connectivity index (χ1v) is 3.57. The van der Waals surface area contributed by atoms with E-state index < -0.39 is 29.2 Å². The van der Waals surface area contributed by atoms with E-state index in [1.165, 1.54) is 0 Å². The SMILES string of the molecule is [O-]c1cc(C(F)(F)F)cc(C(F)(F)F)c1. The van der Waals surface area contributed by atoms with Crippen LogP contribution in [0.1, 0.15) is 11.1 Å². The van der Waals surface area contributed by atoms with E-state index in [9.17, 15) is 31.4 Å². The minimum Gasteiger partial charge on any atom is -0.872 e. The predicted molar refractivity (Wildman–Crippen MR) is 35.9 cm³/mol. The second-order valence-corrected chi connectivity index (χ2v) is 2.74. The molecule has 0 aliphatic carbocycles. The summed E-state index contributed by atoms with van der Waals surface area (Å²) < 4.78 is 72.2. The molecule has 1 aromatic carbocycles. The Bertz CT molecular complexity index is 332. The maximum absolute atomic E-state index is 12.0. The zero-order chi connectivity index (χ0) is 11.9. The third-order valence-electron chi connectivity index (χ3n) is 1.56. The highest BCUT2D eigenvalue weighted by molar-refractivity contribution is 5.35. The van der Waals surface area contributed by atoms with Gasteiger partial charge >= 0.3 is 12.4 Å². The highest BCUT2D eigenvalue weighted by Crippen LogP contribution is 2.37. The van der Waals surface area contributed by atoms with Crippen LogP contribution in [0.2, 0.25) is 0 Å². The maximum Gasteiger partial charge on any atom is 0.416 e. The molecule has 0 fully saturated rings. The van der Waals surface area contributed by atoms with Crippen molar-refractivity contribution >= 4 is 0 Å². The third-order valence-corrected chi connectivity index (χ3v) is 1.56. The fourth-order valence-electron chi connectivity index (χ4n) is 0.926. The van der Waals surface area contributed by atoms with Gasteiger partial charge in [-0.1, -0.05) is 12.1 Å². The molecule has 84 valence electrons. The fourth-order valence-corrected chi connectivity index (χ4v) is 0.926. The average molecular weight is 229 g/mol. The van der Waals surface area contributed by atoms with Crippen molar-refractivity contribution in [3.8, 4) is 5.75 Å². The van der Waals surface area contributed by atoms with Crippen LogP contribution >= 0.6 is 0 Å². The fraction of sp³-hybridized carbons (Fsp3) is 0.250. The van der Waals surface area contributed by atoms with Crippen LogP contribution < -0.4 is 5.11 Å². The Hall–Kier alpha value is -1.40. The lowest BCUT2D eigenvalue weighted by molar-refractivity contribution is -0.269. The highest BCUT2D eigenvalue weighted by atomic mass is 19.4. The number of alkyl halides is 6. The molecule has 1 rings (SSSR count). The summed E-state index contributed by atoms with van der Waals surface area (Å²) in [5.41, 5.74) is -3.19. The lowest BCUT2D eigenvalue weighted by Gasteiger charge is -2.15. The lowest BCUT2D eigenvalue weighted by atomic mass is 10.1. The lowest BCUT2D eigenvalue weighted by Crippen LogP contribution is -2.11. The molecule has 0 saturated carbocycles. The number of hydrogen-bond donors (Lipinski definition) is 0. The van der Waals surface area contributed by atoms with E-state index in [0.29, 0.717) is 0 Å². The summed E-state index contributed by atoms with van der Waals surface area (Å²) in [7, 11) is 0.